The fraction of sp³-hybridized carbons (Fsp3) is 0.750. The van der Waals surface area contributed by atoms with Crippen LogP contribution < -0.4 is 5.32 Å². The van der Waals surface area contributed by atoms with E-state index in [1.54, 1.807) is 0 Å². The number of rotatable bonds is 7. The highest BCUT2D eigenvalue weighted by molar-refractivity contribution is 5.19. The molecule has 0 aliphatic carbocycles. The number of hydrogen-bond acceptors (Lipinski definition) is 4. The minimum atomic E-state index is 0.466. The summed E-state index contributed by atoms with van der Waals surface area (Å²) in [5.41, 5.74) is 1.16. The van der Waals surface area contributed by atoms with E-state index in [-0.39, 0.29) is 0 Å². The van der Waals surface area contributed by atoms with Crippen molar-refractivity contribution in [1.82, 2.24) is 5.32 Å². The van der Waals surface area contributed by atoms with Crippen molar-refractivity contribution in [3.05, 3.63) is 23.2 Å². The molecular weight excluding hydrogens is 254 g/mol. The molecule has 0 radical (unpaired) electrons. The van der Waals surface area contributed by atoms with Crippen LogP contribution in [-0.4, -0.2) is 25.9 Å². The smallest absolute Gasteiger partial charge is 0.118 e. The number of nitrogens with one attached hydrogen (secondary N) is 1. The Hall–Kier alpha value is -0.840. The van der Waals surface area contributed by atoms with Gasteiger partial charge in [-0.2, -0.15) is 0 Å². The molecule has 4 nitrogen and oxygen atoms in total. The fourth-order valence-corrected chi connectivity index (χ4v) is 2.37. The van der Waals surface area contributed by atoms with Gasteiger partial charge in [-0.15, -0.1) is 0 Å². The molecule has 1 aromatic rings. The fourth-order valence-electron chi connectivity index (χ4n) is 2.37. The summed E-state index contributed by atoms with van der Waals surface area (Å²) in [6, 6.07) is 2.57. The number of furan rings is 1. The molecule has 0 amide bonds. The Labute approximate surface area is 121 Å². The summed E-state index contributed by atoms with van der Waals surface area (Å²) in [4.78, 5) is 0. The Morgan fingerprint density at radius 2 is 2.10 bits per heavy atom. The van der Waals surface area contributed by atoms with Crippen LogP contribution in [0.1, 0.15) is 43.8 Å². The van der Waals surface area contributed by atoms with Crippen LogP contribution in [0.4, 0.5) is 0 Å². The molecule has 1 aliphatic rings. The normalized spacial score (nSPS) is 17.0. The Morgan fingerprint density at radius 1 is 1.35 bits per heavy atom. The summed E-state index contributed by atoms with van der Waals surface area (Å²) in [6.45, 7) is 10.3. The largest absolute Gasteiger partial charge is 0.465 e. The molecule has 4 heteroatoms. The zero-order chi connectivity index (χ0) is 14.4. The molecular formula is C16H27NO3. The van der Waals surface area contributed by atoms with E-state index < -0.39 is 0 Å². The molecule has 1 saturated heterocycles. The van der Waals surface area contributed by atoms with E-state index in [1.807, 2.05) is 6.92 Å². The molecule has 114 valence electrons. The molecule has 0 saturated carbocycles. The average Bonchev–Trinajstić information content (AvgIpc) is 2.78. The van der Waals surface area contributed by atoms with Crippen LogP contribution in [0, 0.1) is 12.8 Å². The van der Waals surface area contributed by atoms with Gasteiger partial charge in [0.15, 0.2) is 0 Å². The van der Waals surface area contributed by atoms with Gasteiger partial charge < -0.3 is 19.2 Å². The van der Waals surface area contributed by atoms with Crippen LogP contribution in [0.3, 0.4) is 0 Å². The molecule has 20 heavy (non-hydrogen) atoms. The van der Waals surface area contributed by atoms with Gasteiger partial charge in [-0.25, -0.2) is 0 Å². The van der Waals surface area contributed by atoms with Gasteiger partial charge in [0.25, 0.3) is 0 Å². The van der Waals surface area contributed by atoms with Gasteiger partial charge in [0.2, 0.25) is 0 Å². The Morgan fingerprint density at radius 3 is 2.80 bits per heavy atom. The van der Waals surface area contributed by atoms with Gasteiger partial charge in [0.05, 0.1) is 19.8 Å². The lowest BCUT2D eigenvalue weighted by Crippen LogP contribution is -2.21. The topological polar surface area (TPSA) is 43.6 Å². The van der Waals surface area contributed by atoms with Gasteiger partial charge in [-0.3, -0.25) is 0 Å². The van der Waals surface area contributed by atoms with Crippen molar-refractivity contribution in [3.63, 3.8) is 0 Å². The summed E-state index contributed by atoms with van der Waals surface area (Å²) in [7, 11) is 0. The first-order valence-corrected chi connectivity index (χ1v) is 7.62. The van der Waals surface area contributed by atoms with Crippen LogP contribution in [-0.2, 0) is 22.6 Å². The summed E-state index contributed by atoms with van der Waals surface area (Å²) < 4.78 is 16.9. The lowest BCUT2D eigenvalue weighted by Gasteiger charge is -2.21. The second kappa shape index (κ2) is 7.81. The van der Waals surface area contributed by atoms with Gasteiger partial charge in [-0.05, 0) is 31.7 Å². The molecule has 0 spiro atoms. The van der Waals surface area contributed by atoms with Crippen LogP contribution in [0.5, 0.6) is 0 Å². The zero-order valence-corrected chi connectivity index (χ0v) is 12.9. The van der Waals surface area contributed by atoms with E-state index in [9.17, 15) is 0 Å². The first-order valence-electron chi connectivity index (χ1n) is 7.62. The maximum atomic E-state index is 5.84. The minimum absolute atomic E-state index is 0.466. The summed E-state index contributed by atoms with van der Waals surface area (Å²) in [6.07, 6.45) is 2.24. The highest BCUT2D eigenvalue weighted by atomic mass is 16.5. The molecule has 2 rings (SSSR count). The predicted octanol–water partition coefficient (Wildman–Crippen LogP) is 3.03. The first kappa shape index (κ1) is 15.5. The monoisotopic (exact) mass is 281 g/mol. The second-order valence-corrected chi connectivity index (χ2v) is 5.90. The third kappa shape index (κ3) is 4.93. The first-order chi connectivity index (χ1) is 9.65. The molecule has 0 atom stereocenters. The van der Waals surface area contributed by atoms with Crippen molar-refractivity contribution >= 4 is 0 Å². The van der Waals surface area contributed by atoms with Crippen LogP contribution in [0.15, 0.2) is 10.5 Å². The summed E-state index contributed by atoms with van der Waals surface area (Å²) in [5.74, 6) is 2.61. The van der Waals surface area contributed by atoms with Crippen molar-refractivity contribution < 1.29 is 13.9 Å². The molecule has 0 unspecified atom stereocenters. The minimum Gasteiger partial charge on any atom is -0.465 e. The Kier molecular flexibility index (Phi) is 6.07. The molecule has 2 heterocycles. The van der Waals surface area contributed by atoms with Crippen molar-refractivity contribution in [2.75, 3.05) is 19.8 Å². The van der Waals surface area contributed by atoms with E-state index in [2.05, 4.69) is 25.2 Å². The van der Waals surface area contributed by atoms with E-state index in [0.717, 1.165) is 56.3 Å². The van der Waals surface area contributed by atoms with E-state index in [0.29, 0.717) is 18.6 Å². The third-order valence-corrected chi connectivity index (χ3v) is 3.71. The van der Waals surface area contributed by atoms with Crippen LogP contribution in [0.25, 0.3) is 0 Å². The quantitative estimate of drug-likeness (QED) is 0.834. The third-order valence-electron chi connectivity index (χ3n) is 3.71. The molecule has 1 aliphatic heterocycles. The molecule has 0 bridgehead atoms. The highest BCUT2D eigenvalue weighted by Crippen LogP contribution is 2.18. The maximum Gasteiger partial charge on any atom is 0.118 e. The maximum absolute atomic E-state index is 5.84. The van der Waals surface area contributed by atoms with E-state index >= 15 is 0 Å². The van der Waals surface area contributed by atoms with Crippen LogP contribution >= 0.6 is 0 Å². The molecule has 0 aromatic carbocycles. The van der Waals surface area contributed by atoms with Crippen molar-refractivity contribution in [2.24, 2.45) is 5.92 Å². The second-order valence-electron chi connectivity index (χ2n) is 5.90. The van der Waals surface area contributed by atoms with Gasteiger partial charge in [0.1, 0.15) is 11.5 Å². The Bertz CT molecular complexity index is 394. The van der Waals surface area contributed by atoms with Gasteiger partial charge >= 0.3 is 0 Å². The highest BCUT2D eigenvalue weighted by Gasteiger charge is 2.14. The zero-order valence-electron chi connectivity index (χ0n) is 12.9. The number of aryl methyl sites for hydroxylation is 1. The molecule has 1 aromatic heterocycles. The van der Waals surface area contributed by atoms with Crippen molar-refractivity contribution in [2.45, 2.75) is 52.8 Å². The van der Waals surface area contributed by atoms with Gasteiger partial charge in [-0.1, -0.05) is 13.8 Å². The van der Waals surface area contributed by atoms with Crippen molar-refractivity contribution in [1.29, 1.82) is 0 Å². The molecule has 1 N–H and O–H groups in total. The predicted molar refractivity (Wildman–Crippen MR) is 78.6 cm³/mol. The number of hydrogen-bond donors (Lipinski definition) is 1. The molecule has 1 fully saturated rings. The summed E-state index contributed by atoms with van der Waals surface area (Å²) >= 11 is 0. The van der Waals surface area contributed by atoms with E-state index in [1.165, 1.54) is 0 Å². The SMILES string of the molecule is Cc1oc(CNC(C)C)cc1COCC1CCOCC1. The Balaban J connectivity index is 1.74. The average molecular weight is 281 g/mol. The van der Waals surface area contributed by atoms with Gasteiger partial charge in [0, 0.05) is 24.8 Å². The summed E-state index contributed by atoms with van der Waals surface area (Å²) in [5, 5.41) is 3.36. The van der Waals surface area contributed by atoms with E-state index in [4.69, 9.17) is 13.9 Å². The number of ether oxygens (including phenoxy) is 2. The van der Waals surface area contributed by atoms with Crippen molar-refractivity contribution in [3.8, 4) is 0 Å². The lowest BCUT2D eigenvalue weighted by atomic mass is 10.0. The standard InChI is InChI=1S/C16H27NO3/c1-12(2)17-9-16-8-15(13(3)20-16)11-19-10-14-4-6-18-7-5-14/h8,12,14,17H,4-7,9-11H2,1-3H3. The van der Waals surface area contributed by atoms with Crippen LogP contribution in [0.2, 0.25) is 0 Å². The lowest BCUT2D eigenvalue weighted by molar-refractivity contribution is 0.0155.